The molecule has 4 nitrogen and oxygen atoms in total. The third-order valence-electron chi connectivity index (χ3n) is 4.00. The Balaban J connectivity index is 2.35. The summed E-state index contributed by atoms with van der Waals surface area (Å²) in [5.41, 5.74) is 0.714. The summed E-state index contributed by atoms with van der Waals surface area (Å²) in [5.74, 6) is 0.872. The number of carbonyl (C=O) groups excluding carboxylic acids is 1. The maximum atomic E-state index is 11.8. The molecule has 0 radical (unpaired) electrons. The van der Waals surface area contributed by atoms with Crippen molar-refractivity contribution in [3.8, 4) is 5.75 Å². The molecular weight excluding hydrogens is 254 g/mol. The van der Waals surface area contributed by atoms with E-state index in [1.54, 1.807) is 12.0 Å². The minimum absolute atomic E-state index is 0.0471. The van der Waals surface area contributed by atoms with E-state index in [0.717, 1.165) is 37.1 Å². The lowest BCUT2D eigenvalue weighted by Crippen LogP contribution is -2.30. The van der Waals surface area contributed by atoms with Crippen molar-refractivity contribution in [2.75, 3.05) is 27.3 Å². The highest BCUT2D eigenvalue weighted by atomic mass is 16.5. The van der Waals surface area contributed by atoms with Gasteiger partial charge in [-0.05, 0) is 30.5 Å². The minimum Gasteiger partial charge on any atom is -0.497 e. The molecule has 1 heterocycles. The summed E-state index contributed by atoms with van der Waals surface area (Å²) < 4.78 is 11.4. The molecule has 1 atom stereocenters. The fourth-order valence-electron chi connectivity index (χ4n) is 2.73. The zero-order valence-electron chi connectivity index (χ0n) is 12.5. The van der Waals surface area contributed by atoms with Crippen LogP contribution in [0.25, 0.3) is 0 Å². The maximum absolute atomic E-state index is 11.8. The average Bonchev–Trinajstić information content (AvgIpc) is 2.62. The normalized spacial score (nSPS) is 23.6. The van der Waals surface area contributed by atoms with Crippen LogP contribution < -0.4 is 4.74 Å². The number of hydrogen-bond acceptors (Lipinski definition) is 3. The highest BCUT2D eigenvalue weighted by Crippen LogP contribution is 2.37. The van der Waals surface area contributed by atoms with E-state index < -0.39 is 0 Å². The van der Waals surface area contributed by atoms with Gasteiger partial charge < -0.3 is 14.4 Å². The second kappa shape index (κ2) is 6.27. The van der Waals surface area contributed by atoms with E-state index in [0.29, 0.717) is 0 Å². The van der Waals surface area contributed by atoms with Crippen LogP contribution in [0.15, 0.2) is 24.3 Å². The summed E-state index contributed by atoms with van der Waals surface area (Å²) in [4.78, 5) is 13.6. The van der Waals surface area contributed by atoms with Gasteiger partial charge in [0.2, 0.25) is 5.91 Å². The molecule has 1 aliphatic heterocycles. The number of ether oxygens (including phenoxy) is 2. The smallest absolute Gasteiger partial charge is 0.248 e. The molecule has 4 heteroatoms. The van der Waals surface area contributed by atoms with Gasteiger partial charge in [-0.15, -0.1) is 0 Å². The van der Waals surface area contributed by atoms with Crippen LogP contribution >= 0.6 is 0 Å². The van der Waals surface area contributed by atoms with Gasteiger partial charge in [0, 0.05) is 13.6 Å². The molecular formula is C16H23NO3. The molecule has 0 spiro atoms. The molecule has 2 rings (SSSR count). The van der Waals surface area contributed by atoms with Crippen LogP contribution in [0, 0.1) is 0 Å². The summed E-state index contributed by atoms with van der Waals surface area (Å²) in [6.45, 7) is 3.01. The molecule has 1 aromatic rings. The third-order valence-corrected chi connectivity index (χ3v) is 4.00. The number of rotatable bonds is 4. The van der Waals surface area contributed by atoms with Crippen molar-refractivity contribution >= 4 is 5.91 Å². The first-order chi connectivity index (χ1) is 9.61. The molecule has 0 aromatic heterocycles. The first-order valence-corrected chi connectivity index (χ1v) is 7.14. The van der Waals surface area contributed by atoms with Crippen LogP contribution in [-0.2, 0) is 15.1 Å². The third kappa shape index (κ3) is 2.96. The van der Waals surface area contributed by atoms with E-state index in [2.05, 4.69) is 13.0 Å². The highest BCUT2D eigenvalue weighted by molar-refractivity contribution is 5.77. The van der Waals surface area contributed by atoms with Gasteiger partial charge in [0.05, 0.1) is 12.7 Å². The van der Waals surface area contributed by atoms with Crippen LogP contribution in [-0.4, -0.2) is 38.1 Å². The van der Waals surface area contributed by atoms with Gasteiger partial charge in [0.25, 0.3) is 0 Å². The number of carbonyl (C=O) groups is 1. The zero-order valence-corrected chi connectivity index (χ0v) is 12.5. The molecule has 1 aromatic carbocycles. The molecule has 0 saturated carbocycles. The summed E-state index contributed by atoms with van der Waals surface area (Å²) in [6.07, 6.45) is 2.73. The van der Waals surface area contributed by atoms with Gasteiger partial charge in [0.15, 0.2) is 0 Å². The lowest BCUT2D eigenvalue weighted by atomic mass is 9.85. The Morgan fingerprint density at radius 2 is 2.25 bits per heavy atom. The fourth-order valence-corrected chi connectivity index (χ4v) is 2.73. The lowest BCUT2D eigenvalue weighted by molar-refractivity contribution is -0.137. The van der Waals surface area contributed by atoms with Gasteiger partial charge in [-0.25, -0.2) is 0 Å². The molecule has 110 valence electrons. The standard InChI is InChI=1S/C16H23NO3/c1-4-8-16(9-10-17(2)15(18)12-20-16)13-6-5-7-14(11-13)19-3/h5-7,11H,4,8-10,12H2,1-3H3. The van der Waals surface area contributed by atoms with Crippen LogP contribution in [0.3, 0.4) is 0 Å². The van der Waals surface area contributed by atoms with Crippen molar-refractivity contribution in [2.24, 2.45) is 0 Å². The number of nitrogens with zero attached hydrogens (tertiary/aromatic N) is 1. The quantitative estimate of drug-likeness (QED) is 0.849. The van der Waals surface area contributed by atoms with Crippen LogP contribution in [0.2, 0.25) is 0 Å². The number of hydrogen-bond donors (Lipinski definition) is 0. The Bertz CT molecular complexity index is 475. The second-order valence-corrected chi connectivity index (χ2v) is 5.33. The highest BCUT2D eigenvalue weighted by Gasteiger charge is 2.36. The van der Waals surface area contributed by atoms with Crippen LogP contribution in [0.5, 0.6) is 5.75 Å². The molecule has 0 N–H and O–H groups in total. The maximum Gasteiger partial charge on any atom is 0.248 e. The van der Waals surface area contributed by atoms with Crippen molar-refractivity contribution in [3.05, 3.63) is 29.8 Å². The summed E-state index contributed by atoms with van der Waals surface area (Å²) >= 11 is 0. The van der Waals surface area contributed by atoms with Gasteiger partial charge in [0.1, 0.15) is 12.4 Å². The molecule has 20 heavy (non-hydrogen) atoms. The Labute approximate surface area is 120 Å². The SMILES string of the molecule is CCCC1(c2cccc(OC)c2)CCN(C)C(=O)CO1. The second-order valence-electron chi connectivity index (χ2n) is 5.33. The Hall–Kier alpha value is -1.55. The van der Waals surface area contributed by atoms with Crippen molar-refractivity contribution in [1.82, 2.24) is 4.90 Å². The Kier molecular flexibility index (Phi) is 4.65. The van der Waals surface area contributed by atoms with Gasteiger partial charge in [-0.1, -0.05) is 25.5 Å². The Morgan fingerprint density at radius 3 is 2.95 bits per heavy atom. The van der Waals surface area contributed by atoms with Crippen molar-refractivity contribution in [2.45, 2.75) is 31.8 Å². The molecule has 0 bridgehead atoms. The van der Waals surface area contributed by atoms with E-state index in [-0.39, 0.29) is 18.1 Å². The summed E-state index contributed by atoms with van der Waals surface area (Å²) in [7, 11) is 3.50. The molecule has 1 saturated heterocycles. The topological polar surface area (TPSA) is 38.8 Å². The summed E-state index contributed by atoms with van der Waals surface area (Å²) in [5, 5.41) is 0. The van der Waals surface area contributed by atoms with Gasteiger partial charge in [-0.3, -0.25) is 4.79 Å². The molecule has 1 fully saturated rings. The number of methoxy groups -OCH3 is 1. The fraction of sp³-hybridized carbons (Fsp3) is 0.562. The van der Waals surface area contributed by atoms with Crippen LogP contribution in [0.4, 0.5) is 0 Å². The summed E-state index contributed by atoms with van der Waals surface area (Å²) in [6, 6.07) is 7.99. The monoisotopic (exact) mass is 277 g/mol. The predicted octanol–water partition coefficient (Wildman–Crippen LogP) is 2.57. The number of amides is 1. The van der Waals surface area contributed by atoms with E-state index >= 15 is 0 Å². The van der Waals surface area contributed by atoms with Crippen molar-refractivity contribution < 1.29 is 14.3 Å². The molecule has 1 unspecified atom stereocenters. The zero-order chi connectivity index (χ0) is 14.6. The molecule has 1 aliphatic rings. The number of benzene rings is 1. The van der Waals surface area contributed by atoms with Crippen LogP contribution in [0.1, 0.15) is 31.7 Å². The minimum atomic E-state index is -0.385. The molecule has 1 amide bonds. The van der Waals surface area contributed by atoms with Crippen molar-refractivity contribution in [1.29, 1.82) is 0 Å². The predicted molar refractivity (Wildman–Crippen MR) is 77.8 cm³/mol. The Morgan fingerprint density at radius 1 is 1.45 bits per heavy atom. The van der Waals surface area contributed by atoms with Gasteiger partial charge >= 0.3 is 0 Å². The first kappa shape index (κ1) is 14.9. The van der Waals surface area contributed by atoms with E-state index in [9.17, 15) is 4.79 Å². The van der Waals surface area contributed by atoms with E-state index in [1.165, 1.54) is 0 Å². The lowest BCUT2D eigenvalue weighted by Gasteiger charge is -2.32. The van der Waals surface area contributed by atoms with E-state index in [4.69, 9.17) is 9.47 Å². The average molecular weight is 277 g/mol. The number of likely N-dealkylation sites (N-methyl/N-ethyl adjacent to an activating group) is 1. The van der Waals surface area contributed by atoms with E-state index in [1.807, 2.05) is 25.2 Å². The largest absolute Gasteiger partial charge is 0.497 e. The molecule has 0 aliphatic carbocycles. The van der Waals surface area contributed by atoms with Gasteiger partial charge in [-0.2, -0.15) is 0 Å². The first-order valence-electron chi connectivity index (χ1n) is 7.14. The van der Waals surface area contributed by atoms with Crippen molar-refractivity contribution in [3.63, 3.8) is 0 Å².